The van der Waals surface area contributed by atoms with Gasteiger partial charge in [-0.25, -0.2) is 5.43 Å². The standard InChI is InChI=1S/C19H16ClN3O3/c1-26-18-7-2-12(8-17(18)24)10-22-23-19(25)16-9-14(11-21-16)13-3-5-15(20)6-4-13/h2-11,21,24H,1H3,(H,23,25)/b22-10+. The van der Waals surface area contributed by atoms with Gasteiger partial charge in [-0.15, -0.1) is 0 Å². The molecular formula is C19H16ClN3O3. The van der Waals surface area contributed by atoms with E-state index >= 15 is 0 Å². The van der Waals surface area contributed by atoms with Crippen molar-refractivity contribution >= 4 is 23.7 Å². The molecule has 26 heavy (non-hydrogen) atoms. The third-order valence-electron chi connectivity index (χ3n) is 3.69. The molecule has 0 bridgehead atoms. The minimum atomic E-state index is -0.376. The van der Waals surface area contributed by atoms with Crippen LogP contribution < -0.4 is 10.2 Å². The number of phenols is 1. The number of carbonyl (C=O) groups is 1. The van der Waals surface area contributed by atoms with Gasteiger partial charge in [0, 0.05) is 11.2 Å². The van der Waals surface area contributed by atoms with Crippen LogP contribution in [-0.4, -0.2) is 29.3 Å². The lowest BCUT2D eigenvalue weighted by Crippen LogP contribution is -2.17. The van der Waals surface area contributed by atoms with Crippen molar-refractivity contribution in [2.45, 2.75) is 0 Å². The summed E-state index contributed by atoms with van der Waals surface area (Å²) in [4.78, 5) is 15.1. The maximum Gasteiger partial charge on any atom is 0.287 e. The summed E-state index contributed by atoms with van der Waals surface area (Å²) < 4.78 is 4.97. The number of phenolic OH excluding ortho intramolecular Hbond substituents is 1. The van der Waals surface area contributed by atoms with Crippen molar-refractivity contribution in [1.82, 2.24) is 10.4 Å². The van der Waals surface area contributed by atoms with Gasteiger partial charge < -0.3 is 14.8 Å². The van der Waals surface area contributed by atoms with Crippen LogP contribution in [0.2, 0.25) is 5.02 Å². The number of nitrogens with zero attached hydrogens (tertiary/aromatic N) is 1. The monoisotopic (exact) mass is 369 g/mol. The topological polar surface area (TPSA) is 86.7 Å². The molecule has 0 saturated heterocycles. The van der Waals surface area contributed by atoms with Crippen molar-refractivity contribution in [3.05, 3.63) is 71.0 Å². The predicted octanol–water partition coefficient (Wildman–Crippen LogP) is 3.81. The van der Waals surface area contributed by atoms with Crippen molar-refractivity contribution in [1.29, 1.82) is 0 Å². The smallest absolute Gasteiger partial charge is 0.287 e. The van der Waals surface area contributed by atoms with Gasteiger partial charge in [-0.05, 0) is 53.1 Å². The molecule has 6 nitrogen and oxygen atoms in total. The molecule has 7 heteroatoms. The lowest BCUT2D eigenvalue weighted by Gasteiger charge is -2.03. The summed E-state index contributed by atoms with van der Waals surface area (Å²) in [5, 5.41) is 14.3. The second-order valence-electron chi connectivity index (χ2n) is 5.44. The highest BCUT2D eigenvalue weighted by Gasteiger charge is 2.09. The number of amides is 1. The molecule has 0 unspecified atom stereocenters. The van der Waals surface area contributed by atoms with Crippen molar-refractivity contribution in [2.75, 3.05) is 7.11 Å². The molecule has 0 aliphatic carbocycles. The molecule has 2 aromatic carbocycles. The summed E-state index contributed by atoms with van der Waals surface area (Å²) in [6.07, 6.45) is 3.17. The van der Waals surface area contributed by atoms with Crippen LogP contribution >= 0.6 is 11.6 Å². The molecule has 1 heterocycles. The maximum atomic E-state index is 12.2. The molecule has 0 aliphatic heterocycles. The molecule has 3 rings (SSSR count). The highest BCUT2D eigenvalue weighted by atomic mass is 35.5. The molecule has 132 valence electrons. The Morgan fingerprint density at radius 2 is 1.96 bits per heavy atom. The van der Waals surface area contributed by atoms with Gasteiger partial charge in [0.2, 0.25) is 0 Å². The van der Waals surface area contributed by atoms with E-state index in [2.05, 4.69) is 15.5 Å². The second-order valence-corrected chi connectivity index (χ2v) is 5.88. The molecule has 0 aliphatic rings. The Hall–Kier alpha value is -3.25. The van der Waals surface area contributed by atoms with Crippen molar-refractivity contribution in [2.24, 2.45) is 5.10 Å². The van der Waals surface area contributed by atoms with Gasteiger partial charge in [0.25, 0.3) is 5.91 Å². The lowest BCUT2D eigenvalue weighted by molar-refractivity contribution is 0.0951. The van der Waals surface area contributed by atoms with E-state index in [1.54, 1.807) is 36.5 Å². The zero-order valence-electron chi connectivity index (χ0n) is 13.9. The second kappa shape index (κ2) is 7.76. The number of hydrazone groups is 1. The van der Waals surface area contributed by atoms with Gasteiger partial charge in [-0.1, -0.05) is 23.7 Å². The molecule has 3 aromatic rings. The summed E-state index contributed by atoms with van der Waals surface area (Å²) >= 11 is 5.88. The van der Waals surface area contributed by atoms with E-state index < -0.39 is 0 Å². The van der Waals surface area contributed by atoms with E-state index in [9.17, 15) is 9.90 Å². The fourth-order valence-corrected chi connectivity index (χ4v) is 2.47. The molecular weight excluding hydrogens is 354 g/mol. The summed E-state index contributed by atoms with van der Waals surface area (Å²) in [7, 11) is 1.47. The minimum Gasteiger partial charge on any atom is -0.504 e. The Labute approximate surface area is 155 Å². The Kier molecular flexibility index (Phi) is 5.24. The molecule has 1 amide bonds. The van der Waals surface area contributed by atoms with Crippen molar-refractivity contribution in [3.63, 3.8) is 0 Å². The number of carbonyl (C=O) groups excluding carboxylic acids is 1. The molecule has 3 N–H and O–H groups in total. The molecule has 0 atom stereocenters. The molecule has 1 aromatic heterocycles. The molecule has 0 radical (unpaired) electrons. The number of hydrogen-bond donors (Lipinski definition) is 3. The van der Waals surface area contributed by atoms with Gasteiger partial charge in [-0.2, -0.15) is 5.10 Å². The van der Waals surface area contributed by atoms with E-state index in [0.717, 1.165) is 11.1 Å². The van der Waals surface area contributed by atoms with Gasteiger partial charge in [-0.3, -0.25) is 4.79 Å². The molecule has 0 spiro atoms. The normalized spacial score (nSPS) is 10.8. The van der Waals surface area contributed by atoms with Crippen LogP contribution in [-0.2, 0) is 0 Å². The van der Waals surface area contributed by atoms with E-state index in [4.69, 9.17) is 16.3 Å². The number of hydrogen-bond acceptors (Lipinski definition) is 4. The lowest BCUT2D eigenvalue weighted by atomic mass is 10.1. The van der Waals surface area contributed by atoms with E-state index in [1.165, 1.54) is 19.4 Å². The third kappa shape index (κ3) is 4.04. The largest absolute Gasteiger partial charge is 0.504 e. The number of aromatic hydroxyl groups is 1. The average molecular weight is 370 g/mol. The van der Waals surface area contributed by atoms with Crippen LogP contribution in [0.4, 0.5) is 0 Å². The fraction of sp³-hybridized carbons (Fsp3) is 0.0526. The van der Waals surface area contributed by atoms with Crippen LogP contribution in [0.5, 0.6) is 11.5 Å². The number of nitrogens with one attached hydrogen (secondary N) is 2. The maximum absolute atomic E-state index is 12.2. The first-order chi connectivity index (χ1) is 12.6. The van der Waals surface area contributed by atoms with Crippen LogP contribution in [0.3, 0.4) is 0 Å². The van der Waals surface area contributed by atoms with E-state index in [-0.39, 0.29) is 11.7 Å². The first-order valence-corrected chi connectivity index (χ1v) is 8.09. The number of rotatable bonds is 5. The zero-order chi connectivity index (χ0) is 18.5. The number of benzene rings is 2. The Morgan fingerprint density at radius 3 is 2.65 bits per heavy atom. The van der Waals surface area contributed by atoms with E-state index in [1.807, 2.05) is 12.1 Å². The van der Waals surface area contributed by atoms with Gasteiger partial charge in [0.1, 0.15) is 5.69 Å². The number of methoxy groups -OCH3 is 1. The number of halogens is 1. The first-order valence-electron chi connectivity index (χ1n) is 7.71. The van der Waals surface area contributed by atoms with E-state index in [0.29, 0.717) is 22.0 Å². The summed E-state index contributed by atoms with van der Waals surface area (Å²) in [5.74, 6) is -0.00810. The van der Waals surface area contributed by atoms with Gasteiger partial charge >= 0.3 is 0 Å². The van der Waals surface area contributed by atoms with Crippen LogP contribution in [0.1, 0.15) is 16.1 Å². The SMILES string of the molecule is COc1ccc(/C=N/NC(=O)c2cc(-c3ccc(Cl)cc3)c[nH]2)cc1O. The Bertz CT molecular complexity index is 949. The van der Waals surface area contributed by atoms with Crippen LogP contribution in [0, 0.1) is 0 Å². The predicted molar refractivity (Wildman–Crippen MR) is 101 cm³/mol. The molecule has 0 fully saturated rings. The quantitative estimate of drug-likeness (QED) is 0.472. The molecule has 0 saturated carbocycles. The number of ether oxygens (including phenoxy) is 1. The summed E-state index contributed by atoms with van der Waals surface area (Å²) in [5.41, 5.74) is 5.25. The van der Waals surface area contributed by atoms with Gasteiger partial charge in [0.15, 0.2) is 11.5 Å². The average Bonchev–Trinajstić information content (AvgIpc) is 3.12. The number of H-pyrrole nitrogens is 1. The van der Waals surface area contributed by atoms with Gasteiger partial charge in [0.05, 0.1) is 13.3 Å². The Morgan fingerprint density at radius 1 is 1.19 bits per heavy atom. The summed E-state index contributed by atoms with van der Waals surface area (Å²) in [6.45, 7) is 0. The van der Waals surface area contributed by atoms with Crippen LogP contribution in [0.25, 0.3) is 11.1 Å². The number of aromatic nitrogens is 1. The zero-order valence-corrected chi connectivity index (χ0v) is 14.6. The van der Waals surface area contributed by atoms with Crippen LogP contribution in [0.15, 0.2) is 59.8 Å². The summed E-state index contributed by atoms with van der Waals surface area (Å²) in [6, 6.07) is 13.9. The first kappa shape index (κ1) is 17.6. The highest BCUT2D eigenvalue weighted by molar-refractivity contribution is 6.30. The fourth-order valence-electron chi connectivity index (χ4n) is 2.35. The number of aromatic amines is 1. The third-order valence-corrected chi connectivity index (χ3v) is 3.94. The highest BCUT2D eigenvalue weighted by Crippen LogP contribution is 2.25. The Balaban J connectivity index is 1.65. The minimum absolute atomic E-state index is 0.000231. The van der Waals surface area contributed by atoms with Crippen molar-refractivity contribution < 1.29 is 14.6 Å². The van der Waals surface area contributed by atoms with Crippen molar-refractivity contribution in [3.8, 4) is 22.6 Å².